The monoisotopic (exact) mass is 358 g/mol. The number of nitriles is 1. The minimum Gasteiger partial charge on any atom is -0.465 e. The van der Waals surface area contributed by atoms with Crippen LogP contribution in [-0.4, -0.2) is 32.3 Å². The molecule has 0 aliphatic carbocycles. The van der Waals surface area contributed by atoms with E-state index in [-0.39, 0.29) is 6.73 Å². The Balaban J connectivity index is 2.76. The summed E-state index contributed by atoms with van der Waals surface area (Å²) in [7, 11) is 0.179. The van der Waals surface area contributed by atoms with Crippen LogP contribution < -0.4 is 0 Å². The number of halogens is 1. The molecule has 1 heterocycles. The highest BCUT2D eigenvalue weighted by Gasteiger charge is 2.20. The van der Waals surface area contributed by atoms with Gasteiger partial charge in [-0.2, -0.15) is 5.26 Å². The number of carbonyl (C=O) groups excluding carboxylic acids is 1. The first-order valence-electron chi connectivity index (χ1n) is 6.25. The van der Waals surface area contributed by atoms with E-state index in [1.54, 1.807) is 10.8 Å². The van der Waals surface area contributed by atoms with Crippen molar-refractivity contribution in [3.05, 3.63) is 21.9 Å². The average molecular weight is 359 g/mol. The Kier molecular flexibility index (Phi) is 5.99. The first-order chi connectivity index (χ1) is 9.30. The van der Waals surface area contributed by atoms with E-state index in [0.29, 0.717) is 22.3 Å². The number of nitrogens with zero attached hydrogens (tertiary/aromatic N) is 2. The number of rotatable bonds is 6. The van der Waals surface area contributed by atoms with Crippen molar-refractivity contribution in [2.24, 2.45) is 0 Å². The van der Waals surface area contributed by atoms with Crippen LogP contribution in [0.15, 0.2) is 10.7 Å². The van der Waals surface area contributed by atoms with Crippen LogP contribution in [0.5, 0.6) is 0 Å². The molecule has 0 saturated heterocycles. The van der Waals surface area contributed by atoms with Crippen molar-refractivity contribution in [1.29, 1.82) is 5.26 Å². The van der Waals surface area contributed by atoms with Gasteiger partial charge in [0.2, 0.25) is 0 Å². The maximum atomic E-state index is 11.6. The highest BCUT2D eigenvalue weighted by molar-refractivity contribution is 9.10. The van der Waals surface area contributed by atoms with Crippen LogP contribution in [0.3, 0.4) is 0 Å². The van der Waals surface area contributed by atoms with Crippen molar-refractivity contribution in [2.45, 2.75) is 32.4 Å². The molecule has 0 saturated carbocycles. The van der Waals surface area contributed by atoms with Gasteiger partial charge in [-0.05, 0) is 22.0 Å². The molecule has 1 aromatic rings. The van der Waals surface area contributed by atoms with Crippen LogP contribution in [0.2, 0.25) is 25.7 Å². The molecule has 0 radical (unpaired) electrons. The number of carbonyl (C=O) groups is 1. The fourth-order valence-electron chi connectivity index (χ4n) is 1.54. The molecule has 0 N–H and O–H groups in total. The summed E-state index contributed by atoms with van der Waals surface area (Å²) in [6.45, 7) is 7.74. The van der Waals surface area contributed by atoms with Gasteiger partial charge in [0.15, 0.2) is 0 Å². The van der Waals surface area contributed by atoms with Gasteiger partial charge in [-0.25, -0.2) is 4.79 Å². The van der Waals surface area contributed by atoms with Crippen molar-refractivity contribution < 1.29 is 14.3 Å². The zero-order valence-electron chi connectivity index (χ0n) is 12.2. The van der Waals surface area contributed by atoms with E-state index in [4.69, 9.17) is 10.00 Å². The van der Waals surface area contributed by atoms with Crippen molar-refractivity contribution >= 4 is 30.0 Å². The van der Waals surface area contributed by atoms with Crippen LogP contribution in [0.4, 0.5) is 0 Å². The largest absolute Gasteiger partial charge is 0.465 e. The normalized spacial score (nSPS) is 11.2. The Morgan fingerprint density at radius 2 is 2.15 bits per heavy atom. The van der Waals surface area contributed by atoms with E-state index in [1.165, 1.54) is 7.11 Å². The van der Waals surface area contributed by atoms with Gasteiger partial charge in [0.25, 0.3) is 0 Å². The molecule has 0 aliphatic rings. The van der Waals surface area contributed by atoms with Gasteiger partial charge in [0, 0.05) is 20.9 Å². The first kappa shape index (κ1) is 16.9. The Hall–Kier alpha value is -1.10. The molecule has 7 heteroatoms. The number of ether oxygens (including phenoxy) is 2. The topological polar surface area (TPSA) is 64.2 Å². The van der Waals surface area contributed by atoms with E-state index in [1.807, 2.05) is 0 Å². The maximum Gasteiger partial charge on any atom is 0.340 e. The van der Waals surface area contributed by atoms with Gasteiger partial charge < -0.3 is 14.0 Å². The van der Waals surface area contributed by atoms with E-state index in [2.05, 4.69) is 46.4 Å². The van der Waals surface area contributed by atoms with Crippen LogP contribution >= 0.6 is 15.9 Å². The van der Waals surface area contributed by atoms with Gasteiger partial charge in [0.05, 0.1) is 17.1 Å². The Labute approximate surface area is 128 Å². The standard InChI is InChI=1S/C13H19BrN2O3Si/c1-18-13(17)10-8-16(11(7-15)12(10)14)9-19-5-6-20(2,3)4/h8H,5-6,9H2,1-4H3. The summed E-state index contributed by atoms with van der Waals surface area (Å²) in [4.78, 5) is 11.6. The SMILES string of the molecule is COC(=O)c1cn(COCC[Si](C)(C)C)c(C#N)c1Br. The van der Waals surface area contributed by atoms with E-state index in [0.717, 1.165) is 6.04 Å². The second-order valence-electron chi connectivity index (χ2n) is 5.63. The second-order valence-corrected chi connectivity index (χ2v) is 12.0. The highest BCUT2D eigenvalue weighted by Crippen LogP contribution is 2.24. The number of aromatic nitrogens is 1. The van der Waals surface area contributed by atoms with Gasteiger partial charge in [-0.3, -0.25) is 0 Å². The second kappa shape index (κ2) is 7.06. The summed E-state index contributed by atoms with van der Waals surface area (Å²) < 4.78 is 12.3. The highest BCUT2D eigenvalue weighted by atomic mass is 79.9. The molecule has 110 valence electrons. The van der Waals surface area contributed by atoms with E-state index < -0.39 is 14.0 Å². The fourth-order valence-corrected chi connectivity index (χ4v) is 2.88. The number of esters is 1. The molecule has 0 fully saturated rings. The lowest BCUT2D eigenvalue weighted by atomic mass is 10.3. The van der Waals surface area contributed by atoms with E-state index >= 15 is 0 Å². The summed E-state index contributed by atoms with van der Waals surface area (Å²) in [6, 6.07) is 3.11. The third kappa shape index (κ3) is 4.47. The minimum absolute atomic E-state index is 0.253. The molecule has 0 atom stereocenters. The molecule has 1 rings (SSSR count). The predicted molar refractivity (Wildman–Crippen MR) is 82.3 cm³/mol. The van der Waals surface area contributed by atoms with Gasteiger partial charge in [0.1, 0.15) is 18.5 Å². The van der Waals surface area contributed by atoms with Gasteiger partial charge in [-0.1, -0.05) is 19.6 Å². The summed E-state index contributed by atoms with van der Waals surface area (Å²) in [5, 5.41) is 9.15. The van der Waals surface area contributed by atoms with Crippen LogP contribution in [0, 0.1) is 11.3 Å². The molecule has 0 bridgehead atoms. The molecular formula is C13H19BrN2O3Si. The lowest BCUT2D eigenvalue weighted by Crippen LogP contribution is -2.22. The van der Waals surface area contributed by atoms with Gasteiger partial charge >= 0.3 is 5.97 Å². The molecule has 0 amide bonds. The third-order valence-electron chi connectivity index (χ3n) is 2.75. The zero-order valence-corrected chi connectivity index (χ0v) is 14.8. The predicted octanol–water partition coefficient (Wildman–Crippen LogP) is 3.22. The molecule has 0 spiro atoms. The van der Waals surface area contributed by atoms with Crippen molar-refractivity contribution in [3.63, 3.8) is 0 Å². The summed E-state index contributed by atoms with van der Waals surface area (Å²) in [5.41, 5.74) is 0.691. The zero-order chi connectivity index (χ0) is 15.3. The number of methoxy groups -OCH3 is 1. The Morgan fingerprint density at radius 3 is 2.65 bits per heavy atom. The average Bonchev–Trinajstić information content (AvgIpc) is 2.69. The number of hydrogen-bond acceptors (Lipinski definition) is 4. The van der Waals surface area contributed by atoms with Crippen LogP contribution in [-0.2, 0) is 16.2 Å². The van der Waals surface area contributed by atoms with E-state index in [9.17, 15) is 4.79 Å². The van der Waals surface area contributed by atoms with Crippen molar-refractivity contribution in [1.82, 2.24) is 4.57 Å². The molecule has 0 aliphatic heterocycles. The quantitative estimate of drug-likeness (QED) is 0.444. The third-order valence-corrected chi connectivity index (χ3v) is 5.26. The maximum absolute atomic E-state index is 11.6. The molecule has 20 heavy (non-hydrogen) atoms. The van der Waals surface area contributed by atoms with Crippen LogP contribution in [0.1, 0.15) is 16.1 Å². The smallest absolute Gasteiger partial charge is 0.340 e. The van der Waals surface area contributed by atoms with Crippen molar-refractivity contribution in [3.8, 4) is 6.07 Å². The molecule has 0 aromatic carbocycles. The summed E-state index contributed by atoms with van der Waals surface area (Å²) in [6.07, 6.45) is 1.57. The molecule has 1 aromatic heterocycles. The molecular weight excluding hydrogens is 340 g/mol. The minimum atomic E-state index is -1.13. The Morgan fingerprint density at radius 1 is 1.50 bits per heavy atom. The lowest BCUT2D eigenvalue weighted by Gasteiger charge is -2.15. The first-order valence-corrected chi connectivity index (χ1v) is 10.7. The molecule has 0 unspecified atom stereocenters. The Bertz CT molecular complexity index is 529. The molecule has 5 nitrogen and oxygen atoms in total. The van der Waals surface area contributed by atoms with Crippen molar-refractivity contribution in [2.75, 3.05) is 13.7 Å². The lowest BCUT2D eigenvalue weighted by molar-refractivity contribution is 0.0598. The summed E-state index contributed by atoms with van der Waals surface area (Å²) >= 11 is 3.25. The number of hydrogen-bond donors (Lipinski definition) is 0. The summed E-state index contributed by atoms with van der Waals surface area (Å²) in [5.74, 6) is -0.478. The van der Waals surface area contributed by atoms with Gasteiger partial charge in [-0.15, -0.1) is 0 Å². The fraction of sp³-hybridized carbons (Fsp3) is 0.538. The van der Waals surface area contributed by atoms with Crippen LogP contribution in [0.25, 0.3) is 0 Å².